The number of hydrogen-bond acceptors (Lipinski definition) is 4. The third kappa shape index (κ3) is 3.04. The lowest BCUT2D eigenvalue weighted by Gasteiger charge is -2.04. The molecule has 2 rings (SSSR count). The van der Waals surface area contributed by atoms with Crippen molar-refractivity contribution in [3.8, 4) is 0 Å². The van der Waals surface area contributed by atoms with Crippen LogP contribution in [0, 0.1) is 0 Å². The SMILES string of the molecule is CC(=O)c1ccc(NC(=O)Cc2cocn2)cc1. The lowest BCUT2D eigenvalue weighted by atomic mass is 10.1. The molecule has 1 heterocycles. The number of rotatable bonds is 4. The van der Waals surface area contributed by atoms with Gasteiger partial charge in [0.25, 0.3) is 0 Å². The quantitative estimate of drug-likeness (QED) is 0.835. The Kier molecular flexibility index (Phi) is 3.52. The first-order valence-electron chi connectivity index (χ1n) is 5.43. The molecule has 92 valence electrons. The van der Waals surface area contributed by atoms with Crippen molar-refractivity contribution in [3.05, 3.63) is 48.2 Å². The van der Waals surface area contributed by atoms with E-state index in [0.29, 0.717) is 16.9 Å². The van der Waals surface area contributed by atoms with E-state index in [-0.39, 0.29) is 18.1 Å². The molecular formula is C13H12N2O3. The summed E-state index contributed by atoms with van der Waals surface area (Å²) in [5.74, 6) is -0.185. The molecule has 0 unspecified atom stereocenters. The van der Waals surface area contributed by atoms with Gasteiger partial charge in [-0.15, -0.1) is 0 Å². The molecule has 0 fully saturated rings. The molecule has 1 aromatic heterocycles. The summed E-state index contributed by atoms with van der Waals surface area (Å²) in [7, 11) is 0. The van der Waals surface area contributed by atoms with Gasteiger partial charge in [0.1, 0.15) is 6.26 Å². The molecule has 0 spiro atoms. The van der Waals surface area contributed by atoms with Crippen LogP contribution in [0.1, 0.15) is 23.0 Å². The van der Waals surface area contributed by atoms with Gasteiger partial charge in [0.15, 0.2) is 12.2 Å². The number of Topliss-reactive ketones (excluding diaryl/α,β-unsaturated/α-hetero) is 1. The Bertz CT molecular complexity index is 544. The monoisotopic (exact) mass is 244 g/mol. The third-order valence-corrected chi connectivity index (χ3v) is 2.40. The number of carbonyl (C=O) groups is 2. The zero-order valence-electron chi connectivity index (χ0n) is 9.84. The fourth-order valence-electron chi connectivity index (χ4n) is 1.48. The second-order valence-electron chi connectivity index (χ2n) is 3.84. The van der Waals surface area contributed by atoms with E-state index in [1.807, 2.05) is 0 Å². The number of nitrogens with one attached hydrogen (secondary N) is 1. The van der Waals surface area contributed by atoms with Gasteiger partial charge in [-0.3, -0.25) is 9.59 Å². The van der Waals surface area contributed by atoms with E-state index in [4.69, 9.17) is 4.42 Å². The lowest BCUT2D eigenvalue weighted by Crippen LogP contribution is -2.14. The minimum absolute atomic E-state index is 0.00419. The number of benzene rings is 1. The number of hydrogen-bond donors (Lipinski definition) is 1. The third-order valence-electron chi connectivity index (χ3n) is 2.40. The van der Waals surface area contributed by atoms with E-state index in [2.05, 4.69) is 10.3 Å². The highest BCUT2D eigenvalue weighted by Gasteiger charge is 2.06. The molecule has 0 atom stereocenters. The van der Waals surface area contributed by atoms with Gasteiger partial charge in [0.05, 0.1) is 12.1 Å². The van der Waals surface area contributed by atoms with Crippen molar-refractivity contribution in [3.63, 3.8) is 0 Å². The summed E-state index contributed by atoms with van der Waals surface area (Å²) in [6.07, 6.45) is 2.87. The summed E-state index contributed by atoms with van der Waals surface area (Å²) in [6, 6.07) is 6.73. The van der Waals surface area contributed by atoms with Crippen LogP contribution >= 0.6 is 0 Å². The van der Waals surface area contributed by atoms with Gasteiger partial charge < -0.3 is 9.73 Å². The van der Waals surface area contributed by atoms with Crippen molar-refractivity contribution in [2.75, 3.05) is 5.32 Å². The summed E-state index contributed by atoms with van der Waals surface area (Å²) in [6.45, 7) is 1.50. The molecule has 0 aliphatic heterocycles. The van der Waals surface area contributed by atoms with Gasteiger partial charge in [-0.05, 0) is 31.2 Å². The minimum atomic E-state index is -0.181. The summed E-state index contributed by atoms with van der Waals surface area (Å²) < 4.78 is 4.78. The first-order chi connectivity index (χ1) is 8.65. The zero-order valence-corrected chi connectivity index (χ0v) is 9.84. The minimum Gasteiger partial charge on any atom is -0.451 e. The summed E-state index contributed by atoms with van der Waals surface area (Å²) in [5, 5.41) is 2.71. The molecule has 5 nitrogen and oxygen atoms in total. The average molecular weight is 244 g/mol. The van der Waals surface area contributed by atoms with E-state index in [9.17, 15) is 9.59 Å². The largest absolute Gasteiger partial charge is 0.451 e. The number of ketones is 1. The standard InChI is InChI=1S/C13H12N2O3/c1-9(16)10-2-4-11(5-3-10)15-13(17)6-12-7-18-8-14-12/h2-5,7-8H,6H2,1H3,(H,15,17). The molecule has 1 amide bonds. The highest BCUT2D eigenvalue weighted by Crippen LogP contribution is 2.10. The molecule has 5 heteroatoms. The number of anilines is 1. The second kappa shape index (κ2) is 5.27. The predicted octanol–water partition coefficient (Wildman–Crippen LogP) is 2.06. The Balaban J connectivity index is 1.97. The van der Waals surface area contributed by atoms with Crippen LogP contribution in [0.5, 0.6) is 0 Å². The number of amides is 1. The van der Waals surface area contributed by atoms with Crippen LogP contribution in [-0.2, 0) is 11.2 Å². The molecule has 0 radical (unpaired) electrons. The maximum Gasteiger partial charge on any atom is 0.230 e. The Labute approximate surface area is 104 Å². The number of aromatic nitrogens is 1. The molecule has 1 aromatic carbocycles. The van der Waals surface area contributed by atoms with Crippen molar-refractivity contribution in [1.82, 2.24) is 4.98 Å². The Morgan fingerprint density at radius 1 is 1.28 bits per heavy atom. The van der Waals surface area contributed by atoms with E-state index in [0.717, 1.165) is 0 Å². The van der Waals surface area contributed by atoms with Gasteiger partial charge in [-0.1, -0.05) is 0 Å². The van der Waals surface area contributed by atoms with E-state index < -0.39 is 0 Å². The highest BCUT2D eigenvalue weighted by molar-refractivity contribution is 5.95. The second-order valence-corrected chi connectivity index (χ2v) is 3.84. The molecule has 0 aliphatic rings. The highest BCUT2D eigenvalue weighted by atomic mass is 16.3. The summed E-state index contributed by atoms with van der Waals surface area (Å²) >= 11 is 0. The first kappa shape index (κ1) is 12.0. The van der Waals surface area contributed by atoms with Crippen molar-refractivity contribution >= 4 is 17.4 Å². The maximum absolute atomic E-state index is 11.6. The van der Waals surface area contributed by atoms with Crippen LogP contribution in [0.25, 0.3) is 0 Å². The van der Waals surface area contributed by atoms with Crippen molar-refractivity contribution < 1.29 is 14.0 Å². The van der Waals surface area contributed by atoms with Crippen LogP contribution < -0.4 is 5.32 Å². The number of carbonyl (C=O) groups excluding carboxylic acids is 2. The van der Waals surface area contributed by atoms with Gasteiger partial charge in [0.2, 0.25) is 5.91 Å². The Morgan fingerprint density at radius 3 is 2.56 bits per heavy atom. The molecule has 0 aliphatic carbocycles. The molecule has 2 aromatic rings. The topological polar surface area (TPSA) is 72.2 Å². The number of nitrogens with zero attached hydrogens (tertiary/aromatic N) is 1. The lowest BCUT2D eigenvalue weighted by molar-refractivity contribution is -0.115. The van der Waals surface area contributed by atoms with E-state index >= 15 is 0 Å². The van der Waals surface area contributed by atoms with E-state index in [1.54, 1.807) is 24.3 Å². The summed E-state index contributed by atoms with van der Waals surface area (Å²) in [5.41, 5.74) is 1.84. The smallest absolute Gasteiger partial charge is 0.230 e. The maximum atomic E-state index is 11.6. The normalized spacial score (nSPS) is 10.1. The molecule has 1 N–H and O–H groups in total. The van der Waals surface area contributed by atoms with Crippen molar-refractivity contribution in [2.24, 2.45) is 0 Å². The van der Waals surface area contributed by atoms with Gasteiger partial charge in [0, 0.05) is 11.3 Å². The molecule has 18 heavy (non-hydrogen) atoms. The number of oxazole rings is 1. The van der Waals surface area contributed by atoms with Crippen LogP contribution in [-0.4, -0.2) is 16.7 Å². The fraction of sp³-hybridized carbons (Fsp3) is 0.154. The average Bonchev–Trinajstić information content (AvgIpc) is 2.82. The van der Waals surface area contributed by atoms with Crippen LogP contribution in [0.4, 0.5) is 5.69 Å². The fourth-order valence-corrected chi connectivity index (χ4v) is 1.48. The van der Waals surface area contributed by atoms with Crippen LogP contribution in [0.3, 0.4) is 0 Å². The first-order valence-corrected chi connectivity index (χ1v) is 5.43. The van der Waals surface area contributed by atoms with E-state index in [1.165, 1.54) is 19.6 Å². The van der Waals surface area contributed by atoms with Crippen molar-refractivity contribution in [1.29, 1.82) is 0 Å². The molecule has 0 bridgehead atoms. The summed E-state index contributed by atoms with van der Waals surface area (Å²) in [4.78, 5) is 26.6. The van der Waals surface area contributed by atoms with Gasteiger partial charge in [-0.25, -0.2) is 4.98 Å². The van der Waals surface area contributed by atoms with Crippen LogP contribution in [0.15, 0.2) is 41.3 Å². The van der Waals surface area contributed by atoms with Gasteiger partial charge >= 0.3 is 0 Å². The Morgan fingerprint density at radius 2 is 2.00 bits per heavy atom. The zero-order chi connectivity index (χ0) is 13.0. The predicted molar refractivity (Wildman–Crippen MR) is 65.3 cm³/mol. The molecule has 0 saturated heterocycles. The Hall–Kier alpha value is -2.43. The molecular weight excluding hydrogens is 232 g/mol. The van der Waals surface area contributed by atoms with Gasteiger partial charge in [-0.2, -0.15) is 0 Å². The molecule has 0 saturated carbocycles. The van der Waals surface area contributed by atoms with Crippen LogP contribution in [0.2, 0.25) is 0 Å². The van der Waals surface area contributed by atoms with Crippen molar-refractivity contribution in [2.45, 2.75) is 13.3 Å².